The summed E-state index contributed by atoms with van der Waals surface area (Å²) in [5, 5.41) is 11.4. The molecule has 0 aliphatic rings. The van der Waals surface area contributed by atoms with Gasteiger partial charge in [-0.15, -0.1) is 0 Å². The molecule has 0 amide bonds. The number of nitrogens with zero attached hydrogens (tertiary/aromatic N) is 3. The van der Waals surface area contributed by atoms with E-state index in [-0.39, 0.29) is 11.4 Å². The Morgan fingerprint density at radius 2 is 1.79 bits per heavy atom. The molecule has 33 heavy (non-hydrogen) atoms. The molecule has 1 N–H and O–H groups in total. The Bertz CT molecular complexity index is 1350. The smallest absolute Gasteiger partial charge is 0.257 e. The van der Waals surface area contributed by atoms with Crippen LogP contribution in [0.3, 0.4) is 0 Å². The highest BCUT2D eigenvalue weighted by Gasteiger charge is 2.21. The first-order valence-electron chi connectivity index (χ1n) is 10.3. The highest BCUT2D eigenvalue weighted by molar-refractivity contribution is 6.30. The molecular weight excluding hydrogens is 445 g/mol. The lowest BCUT2D eigenvalue weighted by Gasteiger charge is -2.20. The second-order valence-corrected chi connectivity index (χ2v) is 8.25. The first kappa shape index (κ1) is 22.8. The van der Waals surface area contributed by atoms with E-state index in [1.54, 1.807) is 36.7 Å². The molecule has 0 spiro atoms. The van der Waals surface area contributed by atoms with Crippen LogP contribution in [0.4, 0.5) is 4.39 Å². The molecule has 6 nitrogen and oxygen atoms in total. The predicted molar refractivity (Wildman–Crippen MR) is 125 cm³/mol. The van der Waals surface area contributed by atoms with E-state index in [9.17, 15) is 14.3 Å². The monoisotopic (exact) mass is 467 g/mol. The van der Waals surface area contributed by atoms with Crippen molar-refractivity contribution in [3.63, 3.8) is 0 Å². The lowest BCUT2D eigenvalue weighted by atomic mass is 10.0. The molecule has 2 aromatic carbocycles. The van der Waals surface area contributed by atoms with Gasteiger partial charge in [0.1, 0.15) is 17.7 Å². The third-order valence-corrected chi connectivity index (χ3v) is 5.82. The summed E-state index contributed by atoms with van der Waals surface area (Å²) in [5.74, 6) is 0.162. The molecule has 0 aliphatic heterocycles. The maximum absolute atomic E-state index is 13.3. The topological polar surface area (TPSA) is 69.3 Å². The molecule has 2 atom stereocenters. The summed E-state index contributed by atoms with van der Waals surface area (Å²) in [6.45, 7) is 3.70. The summed E-state index contributed by atoms with van der Waals surface area (Å²) in [5.41, 5.74) is 2.57. The number of aromatic nitrogens is 3. The number of hydrogen-bond donors (Lipinski definition) is 1. The van der Waals surface area contributed by atoms with E-state index < -0.39 is 17.7 Å². The maximum Gasteiger partial charge on any atom is 0.257 e. The van der Waals surface area contributed by atoms with Crippen molar-refractivity contribution < 1.29 is 14.2 Å². The zero-order chi connectivity index (χ0) is 23.7. The summed E-state index contributed by atoms with van der Waals surface area (Å²) in [7, 11) is 1.54. The number of imidazole rings is 1. The van der Waals surface area contributed by atoms with E-state index in [1.165, 1.54) is 36.1 Å². The van der Waals surface area contributed by atoms with Crippen LogP contribution in [0.25, 0.3) is 5.69 Å². The van der Waals surface area contributed by atoms with Crippen molar-refractivity contribution in [2.45, 2.75) is 26.0 Å². The fraction of sp³-hybridized carbons (Fsp3) is 0.200. The number of methoxy groups -OCH3 is 1. The molecule has 0 fully saturated rings. The average Bonchev–Trinajstić information content (AvgIpc) is 3.25. The van der Waals surface area contributed by atoms with Crippen LogP contribution in [-0.2, 0) is 0 Å². The highest BCUT2D eigenvalue weighted by Crippen LogP contribution is 2.30. The summed E-state index contributed by atoms with van der Waals surface area (Å²) < 4.78 is 22.1. The third kappa shape index (κ3) is 4.55. The van der Waals surface area contributed by atoms with Gasteiger partial charge in [-0.3, -0.25) is 4.79 Å². The highest BCUT2D eigenvalue weighted by atomic mass is 35.5. The van der Waals surface area contributed by atoms with Gasteiger partial charge in [0.25, 0.3) is 5.56 Å². The van der Waals surface area contributed by atoms with E-state index >= 15 is 0 Å². The van der Waals surface area contributed by atoms with Gasteiger partial charge in [0, 0.05) is 12.4 Å². The number of halogens is 2. The van der Waals surface area contributed by atoms with Crippen LogP contribution in [0.2, 0.25) is 5.02 Å². The SMILES string of the molecule is COc1cc(C(O)c2cc(Cl)cn([C@@H](C)c3ccc(F)cc3)c2=O)ccc1-n1cnc(C)c1. The lowest BCUT2D eigenvalue weighted by Crippen LogP contribution is -2.28. The predicted octanol–water partition coefficient (Wildman–Crippen LogP) is 4.83. The molecular formula is C25H23ClFN3O3. The molecule has 2 aromatic heterocycles. The minimum atomic E-state index is -1.23. The van der Waals surface area contributed by atoms with Crippen LogP contribution >= 0.6 is 11.6 Å². The van der Waals surface area contributed by atoms with Crippen molar-refractivity contribution in [3.8, 4) is 11.4 Å². The number of hydrogen-bond acceptors (Lipinski definition) is 4. The molecule has 4 rings (SSSR count). The summed E-state index contributed by atoms with van der Waals surface area (Å²) in [4.78, 5) is 17.5. The zero-order valence-electron chi connectivity index (χ0n) is 18.4. The third-order valence-electron chi connectivity index (χ3n) is 5.61. The van der Waals surface area contributed by atoms with Crippen LogP contribution in [0.15, 0.2) is 72.0 Å². The number of aliphatic hydroxyl groups is 1. The molecule has 170 valence electrons. The molecule has 8 heteroatoms. The molecule has 1 unspecified atom stereocenters. The van der Waals surface area contributed by atoms with Gasteiger partial charge < -0.3 is 19.0 Å². The Morgan fingerprint density at radius 3 is 2.42 bits per heavy atom. The Balaban J connectivity index is 1.73. The average molecular weight is 468 g/mol. The van der Waals surface area contributed by atoms with Gasteiger partial charge in [-0.25, -0.2) is 9.37 Å². The standard InChI is InChI=1S/C25H23ClFN3O3/c1-15-12-29(14-28-15)22-9-6-18(10-23(22)33-3)24(31)21-11-19(26)13-30(25(21)32)16(2)17-4-7-20(27)8-5-17/h4-14,16,24,31H,1-3H3/t16-,24?/m0/s1. The second kappa shape index (κ2) is 9.21. The minimum absolute atomic E-state index is 0.129. The molecule has 0 aliphatic carbocycles. The van der Waals surface area contributed by atoms with Crippen molar-refractivity contribution in [1.82, 2.24) is 14.1 Å². The van der Waals surface area contributed by atoms with E-state index in [4.69, 9.17) is 16.3 Å². The summed E-state index contributed by atoms with van der Waals surface area (Å²) in [6.07, 6.45) is 3.82. The van der Waals surface area contributed by atoms with Crippen LogP contribution < -0.4 is 10.3 Å². The number of rotatable bonds is 6. The van der Waals surface area contributed by atoms with E-state index in [0.717, 1.165) is 16.9 Å². The largest absolute Gasteiger partial charge is 0.495 e. The second-order valence-electron chi connectivity index (χ2n) is 7.81. The Hall–Kier alpha value is -3.42. The molecule has 0 saturated carbocycles. The number of benzene rings is 2. The summed E-state index contributed by atoms with van der Waals surface area (Å²) >= 11 is 6.31. The first-order chi connectivity index (χ1) is 15.8. The number of aryl methyl sites for hydroxylation is 1. The summed E-state index contributed by atoms with van der Waals surface area (Å²) in [6, 6.07) is 12.2. The van der Waals surface area contributed by atoms with Crippen LogP contribution in [-0.4, -0.2) is 26.3 Å². The van der Waals surface area contributed by atoms with Crippen molar-refractivity contribution in [3.05, 3.63) is 111 Å². The normalized spacial score (nSPS) is 13.0. The molecule has 0 saturated heterocycles. The van der Waals surface area contributed by atoms with Crippen LogP contribution in [0.1, 0.15) is 41.5 Å². The zero-order valence-corrected chi connectivity index (χ0v) is 19.1. The number of aliphatic hydroxyl groups excluding tert-OH is 1. The van der Waals surface area contributed by atoms with E-state index in [0.29, 0.717) is 16.3 Å². The van der Waals surface area contributed by atoms with Gasteiger partial charge in [0.15, 0.2) is 0 Å². The van der Waals surface area contributed by atoms with Crippen LogP contribution in [0, 0.1) is 12.7 Å². The van der Waals surface area contributed by atoms with Crippen LogP contribution in [0.5, 0.6) is 5.75 Å². The molecule has 0 radical (unpaired) electrons. The Morgan fingerprint density at radius 1 is 1.09 bits per heavy atom. The van der Waals surface area contributed by atoms with Gasteiger partial charge in [0.2, 0.25) is 0 Å². The van der Waals surface area contributed by atoms with Gasteiger partial charge in [-0.2, -0.15) is 0 Å². The fourth-order valence-electron chi connectivity index (χ4n) is 3.78. The van der Waals surface area contributed by atoms with E-state index in [1.807, 2.05) is 24.6 Å². The van der Waals surface area contributed by atoms with Gasteiger partial charge >= 0.3 is 0 Å². The van der Waals surface area contributed by atoms with Gasteiger partial charge in [-0.05, 0) is 55.3 Å². The molecule has 4 aromatic rings. The first-order valence-corrected chi connectivity index (χ1v) is 10.7. The maximum atomic E-state index is 13.3. The Kier molecular flexibility index (Phi) is 6.35. The van der Waals surface area contributed by atoms with Crippen molar-refractivity contribution >= 4 is 11.6 Å². The minimum Gasteiger partial charge on any atom is -0.495 e. The van der Waals surface area contributed by atoms with Crippen molar-refractivity contribution in [2.24, 2.45) is 0 Å². The lowest BCUT2D eigenvalue weighted by molar-refractivity contribution is 0.217. The fourth-order valence-corrected chi connectivity index (χ4v) is 4.01. The van der Waals surface area contributed by atoms with E-state index in [2.05, 4.69) is 4.98 Å². The number of ether oxygens (including phenoxy) is 1. The van der Waals surface area contributed by atoms with Gasteiger partial charge in [0.05, 0.1) is 41.4 Å². The molecule has 0 bridgehead atoms. The quantitative estimate of drug-likeness (QED) is 0.441. The van der Waals surface area contributed by atoms with Gasteiger partial charge in [-0.1, -0.05) is 29.8 Å². The molecule has 2 heterocycles. The van der Waals surface area contributed by atoms with Crippen molar-refractivity contribution in [2.75, 3.05) is 7.11 Å². The van der Waals surface area contributed by atoms with Crippen molar-refractivity contribution in [1.29, 1.82) is 0 Å². The number of pyridine rings is 1. The Labute approximate surface area is 195 Å².